The van der Waals surface area contributed by atoms with Crippen molar-refractivity contribution in [2.75, 3.05) is 19.6 Å². The van der Waals surface area contributed by atoms with Gasteiger partial charge in [-0.1, -0.05) is 23.7 Å². The van der Waals surface area contributed by atoms with Crippen LogP contribution in [0.2, 0.25) is 5.02 Å². The molecule has 0 aliphatic carbocycles. The number of non-ortho nitro benzene ring substituents is 1. The van der Waals surface area contributed by atoms with Crippen molar-refractivity contribution in [2.45, 2.75) is 32.0 Å². The second-order valence-electron chi connectivity index (χ2n) is 9.35. The van der Waals surface area contributed by atoms with Crippen LogP contribution in [-0.4, -0.2) is 62.6 Å². The Labute approximate surface area is 233 Å². The zero-order valence-corrected chi connectivity index (χ0v) is 22.7. The molecule has 1 fully saturated rings. The molecule has 3 heterocycles. The molecule has 3 amide bonds. The van der Waals surface area contributed by atoms with Crippen LogP contribution in [0, 0.1) is 10.1 Å². The summed E-state index contributed by atoms with van der Waals surface area (Å²) in [5.74, 6) is 0.237. The van der Waals surface area contributed by atoms with Gasteiger partial charge in [-0.2, -0.15) is 4.37 Å². The quantitative estimate of drug-likeness (QED) is 0.342. The van der Waals surface area contributed by atoms with Crippen LogP contribution >= 0.6 is 23.1 Å². The van der Waals surface area contributed by atoms with E-state index in [4.69, 9.17) is 21.3 Å². The van der Waals surface area contributed by atoms with Crippen LogP contribution in [-0.2, 0) is 4.79 Å². The number of piperazine rings is 1. The minimum Gasteiger partial charge on any atom is -0.490 e. The molecule has 39 heavy (non-hydrogen) atoms. The smallest absolute Gasteiger partial charge is 0.326 e. The van der Waals surface area contributed by atoms with E-state index < -0.39 is 23.0 Å². The van der Waals surface area contributed by atoms with Crippen molar-refractivity contribution in [3.05, 3.63) is 85.9 Å². The summed E-state index contributed by atoms with van der Waals surface area (Å²) >= 11 is 7.41. The molecule has 0 unspecified atom stereocenters. The summed E-state index contributed by atoms with van der Waals surface area (Å²) in [6.07, 6.45) is -0.302. The van der Waals surface area contributed by atoms with Crippen LogP contribution in [0.1, 0.15) is 42.8 Å². The van der Waals surface area contributed by atoms with Crippen molar-refractivity contribution in [2.24, 2.45) is 4.99 Å². The van der Waals surface area contributed by atoms with Gasteiger partial charge in [0.05, 0.1) is 28.4 Å². The molecule has 5 rings (SSSR count). The number of carbonyl (C=O) groups is 2. The van der Waals surface area contributed by atoms with Crippen LogP contribution in [0.5, 0.6) is 5.75 Å². The van der Waals surface area contributed by atoms with E-state index in [1.165, 1.54) is 33.5 Å². The SMILES string of the molecule is CC(C)Oc1cc([N+](=O)[O-])ccc1C1=N[C@@H](c2ccc(Cl)cc2)[C@@H](c2ccsn2)N1C(=O)N1CCNC(=O)C1. The monoisotopic (exact) mass is 568 g/mol. The lowest BCUT2D eigenvalue weighted by molar-refractivity contribution is -0.384. The first-order valence-corrected chi connectivity index (χ1v) is 13.5. The third kappa shape index (κ3) is 5.43. The molecule has 2 aromatic carbocycles. The number of hydrogen-bond acceptors (Lipinski definition) is 8. The molecule has 0 saturated carbocycles. The highest BCUT2D eigenvalue weighted by Gasteiger charge is 2.46. The highest BCUT2D eigenvalue weighted by Crippen LogP contribution is 2.45. The maximum absolute atomic E-state index is 14.2. The Morgan fingerprint density at radius 2 is 2.00 bits per heavy atom. The molecule has 1 N–H and O–H groups in total. The Morgan fingerprint density at radius 1 is 1.23 bits per heavy atom. The van der Waals surface area contributed by atoms with E-state index in [9.17, 15) is 19.7 Å². The van der Waals surface area contributed by atoms with Crippen molar-refractivity contribution in [1.29, 1.82) is 0 Å². The number of aliphatic imine (C=N–C) groups is 1. The van der Waals surface area contributed by atoms with Crippen LogP contribution in [0.25, 0.3) is 0 Å². The number of amidine groups is 1. The lowest BCUT2D eigenvalue weighted by atomic mass is 9.97. The number of amides is 3. The minimum atomic E-state index is -0.646. The van der Waals surface area contributed by atoms with Gasteiger partial charge >= 0.3 is 6.03 Å². The van der Waals surface area contributed by atoms with Crippen molar-refractivity contribution in [3.63, 3.8) is 0 Å². The lowest BCUT2D eigenvalue weighted by Gasteiger charge is -2.35. The first-order valence-electron chi connectivity index (χ1n) is 12.3. The zero-order chi connectivity index (χ0) is 27.7. The third-order valence-corrected chi connectivity index (χ3v) is 7.16. The molecular formula is C26H25ClN6O5S. The summed E-state index contributed by atoms with van der Waals surface area (Å²) < 4.78 is 10.5. The topological polar surface area (TPSA) is 130 Å². The van der Waals surface area contributed by atoms with E-state index >= 15 is 0 Å². The summed E-state index contributed by atoms with van der Waals surface area (Å²) in [6, 6.07) is 11.6. The molecule has 0 spiro atoms. The number of nitrogens with zero attached hydrogens (tertiary/aromatic N) is 5. The van der Waals surface area contributed by atoms with Crippen molar-refractivity contribution in [3.8, 4) is 5.75 Å². The molecular weight excluding hydrogens is 544 g/mol. The van der Waals surface area contributed by atoms with Gasteiger partial charge in [-0.25, -0.2) is 4.79 Å². The van der Waals surface area contributed by atoms with Crippen LogP contribution in [0.15, 0.2) is 58.9 Å². The Kier molecular flexibility index (Phi) is 7.49. The number of hydrogen-bond donors (Lipinski definition) is 1. The first kappa shape index (κ1) is 26.6. The highest BCUT2D eigenvalue weighted by atomic mass is 35.5. The molecule has 1 aromatic heterocycles. The number of nitro benzene ring substituents is 1. The Morgan fingerprint density at radius 3 is 2.64 bits per heavy atom. The maximum Gasteiger partial charge on any atom is 0.326 e. The third-order valence-electron chi connectivity index (χ3n) is 6.33. The van der Waals surface area contributed by atoms with Crippen molar-refractivity contribution >= 4 is 46.6 Å². The van der Waals surface area contributed by atoms with Gasteiger partial charge in [-0.3, -0.25) is 24.8 Å². The number of ether oxygens (including phenoxy) is 1. The van der Waals surface area contributed by atoms with E-state index in [1.54, 1.807) is 18.2 Å². The molecule has 2 aliphatic rings. The molecule has 3 aromatic rings. The fourth-order valence-electron chi connectivity index (χ4n) is 4.65. The maximum atomic E-state index is 14.2. The van der Waals surface area contributed by atoms with E-state index in [0.717, 1.165) is 5.56 Å². The van der Waals surface area contributed by atoms with Crippen molar-refractivity contribution < 1.29 is 19.2 Å². The average molecular weight is 569 g/mol. The van der Waals surface area contributed by atoms with Gasteiger partial charge in [-0.05, 0) is 55.2 Å². The molecule has 202 valence electrons. The predicted octanol–water partition coefficient (Wildman–Crippen LogP) is 4.59. The number of rotatable bonds is 6. The average Bonchev–Trinajstić information content (AvgIpc) is 3.56. The largest absolute Gasteiger partial charge is 0.490 e. The molecule has 0 bridgehead atoms. The standard InChI is InChI=1S/C26H25ClN6O5S/c1-15(2)38-21-13-18(33(36)37)7-8-19(21)25-29-23(16-3-5-17(27)6-4-16)24(20-9-12-39-30-20)32(25)26(35)31-11-10-28-22(34)14-31/h3-9,12-13,15,23-24H,10-11,14H2,1-2H3,(H,28,34)/t23-,24+/m0/s1. The Bertz CT molecular complexity index is 1430. The molecule has 11 nitrogen and oxygen atoms in total. The Balaban J connectivity index is 1.70. The fraction of sp³-hybridized carbons (Fsp3) is 0.308. The molecule has 13 heteroatoms. The second kappa shape index (κ2) is 11.0. The number of halogens is 1. The number of urea groups is 1. The van der Waals surface area contributed by atoms with E-state index in [-0.39, 0.29) is 35.8 Å². The van der Waals surface area contributed by atoms with E-state index in [2.05, 4.69) is 9.69 Å². The van der Waals surface area contributed by atoms with Gasteiger partial charge in [0.15, 0.2) is 0 Å². The minimum absolute atomic E-state index is 0.104. The van der Waals surface area contributed by atoms with Crippen LogP contribution < -0.4 is 10.1 Å². The number of carbonyl (C=O) groups excluding carboxylic acids is 2. The summed E-state index contributed by atoms with van der Waals surface area (Å²) in [6.45, 7) is 4.16. The van der Waals surface area contributed by atoms with Crippen molar-refractivity contribution in [1.82, 2.24) is 19.5 Å². The highest BCUT2D eigenvalue weighted by molar-refractivity contribution is 7.03. The fourth-order valence-corrected chi connectivity index (χ4v) is 5.32. The number of benzene rings is 2. The van der Waals surface area contributed by atoms with Gasteiger partial charge in [0.2, 0.25) is 5.91 Å². The predicted molar refractivity (Wildman–Crippen MR) is 146 cm³/mol. The van der Waals surface area contributed by atoms with Gasteiger partial charge in [-0.15, -0.1) is 0 Å². The molecule has 2 aliphatic heterocycles. The zero-order valence-electron chi connectivity index (χ0n) is 21.1. The van der Waals surface area contributed by atoms with E-state index in [1.807, 2.05) is 37.4 Å². The normalized spacial score (nSPS) is 19.2. The number of aromatic nitrogens is 1. The number of nitro groups is 1. The van der Waals surface area contributed by atoms with E-state index in [0.29, 0.717) is 29.4 Å². The van der Waals surface area contributed by atoms with Crippen LogP contribution in [0.4, 0.5) is 10.5 Å². The summed E-state index contributed by atoms with van der Waals surface area (Å²) in [5.41, 5.74) is 1.70. The molecule has 0 radical (unpaired) electrons. The van der Waals surface area contributed by atoms with Crippen LogP contribution in [0.3, 0.4) is 0 Å². The second-order valence-corrected chi connectivity index (χ2v) is 10.4. The summed E-state index contributed by atoms with van der Waals surface area (Å²) in [5, 5.41) is 16.7. The molecule has 1 saturated heterocycles. The summed E-state index contributed by atoms with van der Waals surface area (Å²) in [7, 11) is 0. The summed E-state index contributed by atoms with van der Waals surface area (Å²) in [4.78, 5) is 45.4. The van der Waals surface area contributed by atoms with Gasteiger partial charge in [0, 0.05) is 29.6 Å². The first-order chi connectivity index (χ1) is 18.7. The molecule has 2 atom stereocenters. The number of nitrogens with one attached hydrogen (secondary N) is 1. The Hall–Kier alpha value is -4.03. The van der Waals surface area contributed by atoms with Gasteiger partial charge < -0.3 is 15.0 Å². The van der Waals surface area contributed by atoms with Gasteiger partial charge in [0.1, 0.15) is 30.2 Å². The lowest BCUT2D eigenvalue weighted by Crippen LogP contribution is -2.55. The van der Waals surface area contributed by atoms with Gasteiger partial charge in [0.25, 0.3) is 5.69 Å².